The summed E-state index contributed by atoms with van der Waals surface area (Å²) in [7, 11) is 0. The van der Waals surface area contributed by atoms with Gasteiger partial charge >= 0.3 is 5.97 Å². The van der Waals surface area contributed by atoms with Gasteiger partial charge in [-0.3, -0.25) is 4.79 Å². The normalized spacial score (nSPS) is 9.94. The van der Waals surface area contributed by atoms with E-state index in [1.165, 1.54) is 6.92 Å². The molecule has 2 N–H and O–H groups in total. The van der Waals surface area contributed by atoms with Crippen molar-refractivity contribution in [2.75, 3.05) is 5.73 Å². The lowest BCUT2D eigenvalue weighted by Gasteiger charge is -2.08. The zero-order chi connectivity index (χ0) is 12.3. The van der Waals surface area contributed by atoms with Gasteiger partial charge in [-0.25, -0.2) is 0 Å². The molecule has 86 valence electrons. The first-order valence-corrected chi connectivity index (χ1v) is 5.30. The fourth-order valence-electron chi connectivity index (χ4n) is 1.59. The van der Waals surface area contributed by atoms with E-state index in [2.05, 4.69) is 0 Å². The molecule has 0 amide bonds. The third kappa shape index (κ3) is 2.64. The molecule has 0 aliphatic carbocycles. The van der Waals surface area contributed by atoms with Crippen molar-refractivity contribution < 1.29 is 9.53 Å². The van der Waals surface area contributed by atoms with Crippen LogP contribution >= 0.6 is 0 Å². The average Bonchev–Trinajstić information content (AvgIpc) is 2.32. The van der Waals surface area contributed by atoms with E-state index >= 15 is 0 Å². The Hall–Kier alpha value is -2.29. The second-order valence-corrected chi connectivity index (χ2v) is 3.71. The maximum absolute atomic E-state index is 10.9. The van der Waals surface area contributed by atoms with Gasteiger partial charge in [-0.2, -0.15) is 0 Å². The summed E-state index contributed by atoms with van der Waals surface area (Å²) in [6.07, 6.45) is 0. The van der Waals surface area contributed by atoms with E-state index in [1.54, 1.807) is 12.1 Å². The quantitative estimate of drug-likeness (QED) is 0.487. The predicted molar refractivity (Wildman–Crippen MR) is 67.6 cm³/mol. The van der Waals surface area contributed by atoms with Crippen LogP contribution in [-0.2, 0) is 4.79 Å². The van der Waals surface area contributed by atoms with Crippen molar-refractivity contribution in [1.82, 2.24) is 0 Å². The molecule has 0 spiro atoms. The van der Waals surface area contributed by atoms with Crippen molar-refractivity contribution in [3.05, 3.63) is 48.5 Å². The predicted octanol–water partition coefficient (Wildman–Crippen LogP) is 2.86. The molecule has 0 bridgehead atoms. The molecule has 0 aromatic heterocycles. The standard InChI is InChI=1S/C14H13NO2/c1-10(16)17-14-9-12(7-8-13(14)15)11-5-3-2-4-6-11/h2-9H,15H2,1H3. The van der Waals surface area contributed by atoms with Crippen LogP contribution in [0.1, 0.15) is 6.92 Å². The fraction of sp³-hybridized carbons (Fsp3) is 0.0714. The molecule has 2 rings (SSSR count). The number of carbonyl (C=O) groups is 1. The van der Waals surface area contributed by atoms with Crippen molar-refractivity contribution in [3.8, 4) is 16.9 Å². The molecule has 0 unspecified atom stereocenters. The zero-order valence-corrected chi connectivity index (χ0v) is 9.51. The molecule has 0 aliphatic rings. The summed E-state index contributed by atoms with van der Waals surface area (Å²) in [5.41, 5.74) is 8.22. The third-order valence-electron chi connectivity index (χ3n) is 2.37. The maximum atomic E-state index is 10.9. The molecule has 2 aromatic rings. The molecule has 0 heterocycles. The number of esters is 1. The van der Waals surface area contributed by atoms with E-state index in [-0.39, 0.29) is 5.97 Å². The summed E-state index contributed by atoms with van der Waals surface area (Å²) in [5.74, 6) is 0.0285. The van der Waals surface area contributed by atoms with Crippen LogP contribution in [0.5, 0.6) is 5.75 Å². The van der Waals surface area contributed by atoms with Crippen molar-refractivity contribution >= 4 is 11.7 Å². The molecule has 17 heavy (non-hydrogen) atoms. The Morgan fingerprint density at radius 2 is 1.76 bits per heavy atom. The molecule has 0 radical (unpaired) electrons. The summed E-state index contributed by atoms with van der Waals surface area (Å²) in [6.45, 7) is 1.36. The van der Waals surface area contributed by atoms with Crippen LogP contribution in [0.4, 0.5) is 5.69 Å². The van der Waals surface area contributed by atoms with Gasteiger partial charge in [0.05, 0.1) is 5.69 Å². The Labute approximate surface area is 99.8 Å². The van der Waals surface area contributed by atoms with E-state index in [0.29, 0.717) is 11.4 Å². The number of rotatable bonds is 2. The van der Waals surface area contributed by atoms with Gasteiger partial charge in [0.1, 0.15) is 0 Å². The van der Waals surface area contributed by atoms with Crippen LogP contribution < -0.4 is 10.5 Å². The summed E-state index contributed by atoms with van der Waals surface area (Å²) in [5, 5.41) is 0. The minimum absolute atomic E-state index is 0.373. The number of carbonyl (C=O) groups excluding carboxylic acids is 1. The second kappa shape index (κ2) is 4.70. The van der Waals surface area contributed by atoms with Gasteiger partial charge < -0.3 is 10.5 Å². The van der Waals surface area contributed by atoms with Crippen LogP contribution in [0.3, 0.4) is 0 Å². The van der Waals surface area contributed by atoms with Gasteiger partial charge in [-0.1, -0.05) is 36.4 Å². The van der Waals surface area contributed by atoms with Crippen LogP contribution in [0.25, 0.3) is 11.1 Å². The van der Waals surface area contributed by atoms with Gasteiger partial charge in [0.25, 0.3) is 0 Å². The van der Waals surface area contributed by atoms with E-state index in [1.807, 2.05) is 36.4 Å². The number of anilines is 1. The van der Waals surface area contributed by atoms with Crippen LogP contribution in [0.15, 0.2) is 48.5 Å². The van der Waals surface area contributed by atoms with Crippen molar-refractivity contribution in [3.63, 3.8) is 0 Å². The lowest BCUT2D eigenvalue weighted by molar-refractivity contribution is -0.131. The van der Waals surface area contributed by atoms with Crippen LogP contribution in [0.2, 0.25) is 0 Å². The molecule has 3 nitrogen and oxygen atoms in total. The topological polar surface area (TPSA) is 52.3 Å². The lowest BCUT2D eigenvalue weighted by atomic mass is 10.1. The number of nitrogen functional groups attached to an aromatic ring is 1. The van der Waals surface area contributed by atoms with E-state index in [9.17, 15) is 4.79 Å². The van der Waals surface area contributed by atoms with E-state index in [0.717, 1.165) is 11.1 Å². The summed E-state index contributed by atoms with van der Waals surface area (Å²) < 4.78 is 5.04. The van der Waals surface area contributed by atoms with Crippen LogP contribution in [0, 0.1) is 0 Å². The van der Waals surface area contributed by atoms with Gasteiger partial charge in [0.2, 0.25) is 0 Å². The Morgan fingerprint density at radius 3 is 2.41 bits per heavy atom. The van der Waals surface area contributed by atoms with E-state index in [4.69, 9.17) is 10.5 Å². The molecule has 0 atom stereocenters. The van der Waals surface area contributed by atoms with Gasteiger partial charge in [-0.15, -0.1) is 0 Å². The highest BCUT2D eigenvalue weighted by Crippen LogP contribution is 2.28. The molecule has 0 saturated heterocycles. The summed E-state index contributed by atoms with van der Waals surface area (Å²) in [6, 6.07) is 15.2. The summed E-state index contributed by atoms with van der Waals surface area (Å²) >= 11 is 0. The first-order chi connectivity index (χ1) is 8.16. The van der Waals surface area contributed by atoms with Crippen molar-refractivity contribution in [2.24, 2.45) is 0 Å². The van der Waals surface area contributed by atoms with E-state index < -0.39 is 0 Å². The Balaban J connectivity index is 2.41. The summed E-state index contributed by atoms with van der Waals surface area (Å²) in [4.78, 5) is 10.9. The first kappa shape index (κ1) is 11.2. The number of hydrogen-bond acceptors (Lipinski definition) is 3. The molecule has 0 saturated carbocycles. The van der Waals surface area contributed by atoms with Crippen LogP contribution in [-0.4, -0.2) is 5.97 Å². The maximum Gasteiger partial charge on any atom is 0.308 e. The number of benzene rings is 2. The molecule has 0 aliphatic heterocycles. The second-order valence-electron chi connectivity index (χ2n) is 3.71. The SMILES string of the molecule is CC(=O)Oc1cc(-c2ccccc2)ccc1N. The molecule has 0 fully saturated rings. The van der Waals surface area contributed by atoms with Gasteiger partial charge in [-0.05, 0) is 23.3 Å². The van der Waals surface area contributed by atoms with Gasteiger partial charge in [0.15, 0.2) is 5.75 Å². The molecule has 2 aromatic carbocycles. The minimum atomic E-state index is -0.373. The highest BCUT2D eigenvalue weighted by Gasteiger charge is 2.06. The highest BCUT2D eigenvalue weighted by molar-refractivity contribution is 5.75. The highest BCUT2D eigenvalue weighted by atomic mass is 16.5. The smallest absolute Gasteiger partial charge is 0.308 e. The average molecular weight is 227 g/mol. The third-order valence-corrected chi connectivity index (χ3v) is 2.37. The molecular formula is C14H13NO2. The zero-order valence-electron chi connectivity index (χ0n) is 9.51. The number of hydrogen-bond donors (Lipinski definition) is 1. The minimum Gasteiger partial charge on any atom is -0.424 e. The largest absolute Gasteiger partial charge is 0.424 e. The first-order valence-electron chi connectivity index (χ1n) is 5.30. The Bertz CT molecular complexity index is 535. The number of nitrogens with two attached hydrogens (primary N) is 1. The van der Waals surface area contributed by atoms with Crippen molar-refractivity contribution in [1.29, 1.82) is 0 Å². The van der Waals surface area contributed by atoms with Gasteiger partial charge in [0, 0.05) is 6.92 Å². The fourth-order valence-corrected chi connectivity index (χ4v) is 1.59. The molecule has 3 heteroatoms. The molecular weight excluding hydrogens is 214 g/mol. The Morgan fingerprint density at radius 1 is 1.06 bits per heavy atom. The van der Waals surface area contributed by atoms with Crippen molar-refractivity contribution in [2.45, 2.75) is 6.92 Å². The number of ether oxygens (including phenoxy) is 1. The lowest BCUT2D eigenvalue weighted by Crippen LogP contribution is -2.04. The monoisotopic (exact) mass is 227 g/mol. The Kier molecular flexibility index (Phi) is 3.10.